The summed E-state index contributed by atoms with van der Waals surface area (Å²) in [6.45, 7) is 0.933. The van der Waals surface area contributed by atoms with Gasteiger partial charge in [-0.05, 0) is 39.8 Å². The third-order valence-electron chi connectivity index (χ3n) is 3.31. The molecule has 0 radical (unpaired) electrons. The topological polar surface area (TPSA) is 62.4 Å². The molecule has 2 rings (SSSR count). The van der Waals surface area contributed by atoms with Gasteiger partial charge in [0.1, 0.15) is 0 Å². The fourth-order valence-corrected chi connectivity index (χ4v) is 2.18. The maximum Gasteiger partial charge on any atom is 0.229 e. The summed E-state index contributed by atoms with van der Waals surface area (Å²) in [5.41, 5.74) is 0. The van der Waals surface area contributed by atoms with Crippen LogP contribution in [0.2, 0.25) is 0 Å². The summed E-state index contributed by atoms with van der Waals surface area (Å²) < 4.78 is 5.31. The second kappa shape index (κ2) is 5.60. The van der Waals surface area contributed by atoms with Gasteiger partial charge in [0.25, 0.3) is 0 Å². The van der Waals surface area contributed by atoms with Gasteiger partial charge in [0, 0.05) is 18.9 Å². The van der Waals surface area contributed by atoms with Crippen molar-refractivity contribution in [3.63, 3.8) is 0 Å². The van der Waals surface area contributed by atoms with Crippen LogP contribution in [0.3, 0.4) is 0 Å². The number of aromatic nitrogens is 2. The third kappa shape index (κ3) is 3.51. The van der Waals surface area contributed by atoms with E-state index in [9.17, 15) is 5.11 Å². The molecule has 5 nitrogen and oxygen atoms in total. The number of hydrogen-bond donors (Lipinski definition) is 1. The van der Waals surface area contributed by atoms with Crippen molar-refractivity contribution >= 4 is 0 Å². The van der Waals surface area contributed by atoms with Crippen LogP contribution in [0, 0.1) is 0 Å². The number of nitrogens with zero attached hydrogens (tertiary/aromatic N) is 3. The second-order valence-corrected chi connectivity index (χ2v) is 5.11. The predicted octanol–water partition coefficient (Wildman–Crippen LogP) is 1.19. The Morgan fingerprint density at radius 2 is 2.00 bits per heavy atom. The van der Waals surface area contributed by atoms with Crippen LogP contribution >= 0.6 is 0 Å². The molecule has 1 N–H and O–H groups in total. The Labute approximate surface area is 102 Å². The molecule has 0 atom stereocenters. The molecule has 0 spiro atoms. The van der Waals surface area contributed by atoms with E-state index in [0.29, 0.717) is 5.92 Å². The van der Waals surface area contributed by atoms with Crippen LogP contribution in [0.1, 0.15) is 43.3 Å². The van der Waals surface area contributed by atoms with Crippen molar-refractivity contribution in [3.8, 4) is 0 Å². The molecule has 5 heteroatoms. The van der Waals surface area contributed by atoms with Gasteiger partial charge >= 0.3 is 0 Å². The summed E-state index contributed by atoms with van der Waals surface area (Å²) in [6.07, 6.45) is 4.29. The van der Waals surface area contributed by atoms with E-state index in [2.05, 4.69) is 15.0 Å². The molecule has 0 aliphatic heterocycles. The molecule has 0 aromatic carbocycles. The number of aliphatic hydroxyl groups is 1. The van der Waals surface area contributed by atoms with Crippen LogP contribution in [0.4, 0.5) is 0 Å². The molecule has 1 saturated carbocycles. The van der Waals surface area contributed by atoms with E-state index in [-0.39, 0.29) is 6.10 Å². The summed E-state index contributed by atoms with van der Waals surface area (Å²) >= 11 is 0. The van der Waals surface area contributed by atoms with Gasteiger partial charge in [0.2, 0.25) is 5.89 Å². The van der Waals surface area contributed by atoms with Crippen LogP contribution in [-0.2, 0) is 6.42 Å². The van der Waals surface area contributed by atoms with E-state index in [1.165, 1.54) is 0 Å². The normalized spacial score (nSPS) is 25.4. The van der Waals surface area contributed by atoms with Crippen molar-refractivity contribution in [1.82, 2.24) is 15.0 Å². The lowest BCUT2D eigenvalue weighted by Gasteiger charge is -2.22. The fourth-order valence-electron chi connectivity index (χ4n) is 2.18. The standard InChI is InChI=1S/C12H21N3O2/c1-15(2)8-7-11-13-12(17-14-11)9-3-5-10(16)6-4-9/h9-10,16H,3-8H2,1-2H3. The van der Waals surface area contributed by atoms with Crippen LogP contribution < -0.4 is 0 Å². The van der Waals surface area contributed by atoms with Gasteiger partial charge < -0.3 is 14.5 Å². The SMILES string of the molecule is CN(C)CCc1noc(C2CCC(O)CC2)n1. The summed E-state index contributed by atoms with van der Waals surface area (Å²) in [5, 5.41) is 13.5. The molecule has 1 fully saturated rings. The Bertz CT molecular complexity index is 343. The van der Waals surface area contributed by atoms with Gasteiger partial charge in [-0.1, -0.05) is 5.16 Å². The van der Waals surface area contributed by atoms with Crippen LogP contribution in [0.5, 0.6) is 0 Å². The Morgan fingerprint density at radius 3 is 2.65 bits per heavy atom. The Kier molecular flexibility index (Phi) is 4.12. The molecule has 1 aromatic rings. The molecule has 1 aliphatic carbocycles. The first-order valence-corrected chi connectivity index (χ1v) is 6.30. The zero-order valence-corrected chi connectivity index (χ0v) is 10.6. The molecular weight excluding hydrogens is 218 g/mol. The molecule has 1 heterocycles. The maximum absolute atomic E-state index is 9.45. The van der Waals surface area contributed by atoms with Crippen molar-refractivity contribution in [1.29, 1.82) is 0 Å². The molecular formula is C12H21N3O2. The minimum atomic E-state index is -0.137. The summed E-state index contributed by atoms with van der Waals surface area (Å²) in [7, 11) is 4.06. The third-order valence-corrected chi connectivity index (χ3v) is 3.31. The van der Waals surface area contributed by atoms with Crippen molar-refractivity contribution in [2.75, 3.05) is 20.6 Å². The number of aliphatic hydroxyl groups excluding tert-OH is 1. The van der Waals surface area contributed by atoms with Crippen molar-refractivity contribution < 1.29 is 9.63 Å². The average Bonchev–Trinajstić information content (AvgIpc) is 2.76. The zero-order valence-electron chi connectivity index (χ0n) is 10.6. The van der Waals surface area contributed by atoms with Gasteiger partial charge in [-0.2, -0.15) is 4.98 Å². The predicted molar refractivity (Wildman–Crippen MR) is 63.8 cm³/mol. The van der Waals surface area contributed by atoms with E-state index in [4.69, 9.17) is 4.52 Å². The lowest BCUT2D eigenvalue weighted by atomic mass is 9.87. The number of hydrogen-bond acceptors (Lipinski definition) is 5. The molecule has 0 bridgehead atoms. The van der Waals surface area contributed by atoms with Gasteiger partial charge in [-0.3, -0.25) is 0 Å². The van der Waals surface area contributed by atoms with Crippen molar-refractivity contribution in [2.24, 2.45) is 0 Å². The smallest absolute Gasteiger partial charge is 0.229 e. The highest BCUT2D eigenvalue weighted by molar-refractivity contribution is 4.96. The lowest BCUT2D eigenvalue weighted by molar-refractivity contribution is 0.116. The number of rotatable bonds is 4. The maximum atomic E-state index is 9.45. The van der Waals surface area contributed by atoms with E-state index >= 15 is 0 Å². The van der Waals surface area contributed by atoms with Crippen LogP contribution in [-0.4, -0.2) is 46.9 Å². The quantitative estimate of drug-likeness (QED) is 0.855. The highest BCUT2D eigenvalue weighted by Crippen LogP contribution is 2.31. The first kappa shape index (κ1) is 12.5. The first-order valence-electron chi connectivity index (χ1n) is 6.30. The van der Waals surface area contributed by atoms with Crippen molar-refractivity contribution in [3.05, 3.63) is 11.7 Å². The van der Waals surface area contributed by atoms with Crippen LogP contribution in [0.25, 0.3) is 0 Å². The molecule has 0 unspecified atom stereocenters. The van der Waals surface area contributed by atoms with E-state index < -0.39 is 0 Å². The van der Waals surface area contributed by atoms with Gasteiger partial charge in [0.15, 0.2) is 5.82 Å². The molecule has 0 amide bonds. The fraction of sp³-hybridized carbons (Fsp3) is 0.833. The van der Waals surface area contributed by atoms with Gasteiger partial charge in [-0.15, -0.1) is 0 Å². The molecule has 1 aromatic heterocycles. The van der Waals surface area contributed by atoms with E-state index in [1.54, 1.807) is 0 Å². The van der Waals surface area contributed by atoms with Crippen LogP contribution in [0.15, 0.2) is 4.52 Å². The number of likely N-dealkylation sites (N-methyl/N-ethyl adjacent to an activating group) is 1. The second-order valence-electron chi connectivity index (χ2n) is 5.11. The van der Waals surface area contributed by atoms with Gasteiger partial charge in [0.05, 0.1) is 6.10 Å². The minimum absolute atomic E-state index is 0.137. The Balaban J connectivity index is 1.89. The van der Waals surface area contributed by atoms with Crippen molar-refractivity contribution in [2.45, 2.75) is 44.1 Å². The molecule has 17 heavy (non-hydrogen) atoms. The van der Waals surface area contributed by atoms with Gasteiger partial charge in [-0.25, -0.2) is 0 Å². The highest BCUT2D eigenvalue weighted by Gasteiger charge is 2.25. The summed E-state index contributed by atoms with van der Waals surface area (Å²) in [4.78, 5) is 6.55. The molecule has 0 saturated heterocycles. The Hall–Kier alpha value is -0.940. The minimum Gasteiger partial charge on any atom is -0.393 e. The Morgan fingerprint density at radius 1 is 1.29 bits per heavy atom. The molecule has 1 aliphatic rings. The first-order chi connectivity index (χ1) is 8.15. The van der Waals surface area contributed by atoms with E-state index in [1.807, 2.05) is 14.1 Å². The molecule has 96 valence electrons. The zero-order chi connectivity index (χ0) is 12.3. The summed E-state index contributed by atoms with van der Waals surface area (Å²) in [5.74, 6) is 1.89. The monoisotopic (exact) mass is 239 g/mol. The highest BCUT2D eigenvalue weighted by atomic mass is 16.5. The summed E-state index contributed by atoms with van der Waals surface area (Å²) in [6, 6.07) is 0. The average molecular weight is 239 g/mol. The largest absolute Gasteiger partial charge is 0.393 e. The van der Waals surface area contributed by atoms with E-state index in [0.717, 1.165) is 50.4 Å². The lowest BCUT2D eigenvalue weighted by Crippen LogP contribution is -2.17.